The Bertz CT molecular complexity index is 466. The van der Waals surface area contributed by atoms with Gasteiger partial charge in [-0.15, -0.1) is 0 Å². The van der Waals surface area contributed by atoms with E-state index in [-0.39, 0.29) is 6.04 Å². The zero-order valence-corrected chi connectivity index (χ0v) is 10.1. The third-order valence-electron chi connectivity index (χ3n) is 2.52. The molecule has 1 heterocycles. The van der Waals surface area contributed by atoms with E-state index in [1.807, 2.05) is 38.1 Å². The number of nitrogens with two attached hydrogens (primary N) is 1. The minimum absolute atomic E-state index is 0.0528. The second-order valence-electron chi connectivity index (χ2n) is 3.89. The van der Waals surface area contributed by atoms with Crippen LogP contribution in [-0.4, -0.2) is 9.78 Å². The van der Waals surface area contributed by atoms with Crippen LogP contribution in [0.2, 0.25) is 5.02 Å². The fourth-order valence-corrected chi connectivity index (χ4v) is 1.63. The molecule has 0 bridgehead atoms. The lowest BCUT2D eigenvalue weighted by Crippen LogP contribution is -2.05. The van der Waals surface area contributed by atoms with Gasteiger partial charge in [0.25, 0.3) is 0 Å². The first kappa shape index (κ1) is 11.2. The van der Waals surface area contributed by atoms with E-state index in [1.54, 1.807) is 10.9 Å². The van der Waals surface area contributed by atoms with Gasteiger partial charge in [0.1, 0.15) is 0 Å². The van der Waals surface area contributed by atoms with E-state index in [4.69, 9.17) is 17.3 Å². The van der Waals surface area contributed by atoms with Gasteiger partial charge < -0.3 is 5.73 Å². The number of aromatic nitrogens is 2. The predicted molar refractivity (Wildman–Crippen MR) is 65.9 cm³/mol. The van der Waals surface area contributed by atoms with Crippen LogP contribution < -0.4 is 5.73 Å². The molecule has 0 amide bonds. The number of hydrogen-bond donors (Lipinski definition) is 1. The second kappa shape index (κ2) is 4.28. The van der Waals surface area contributed by atoms with Crippen molar-refractivity contribution in [3.63, 3.8) is 0 Å². The largest absolute Gasteiger partial charge is 0.324 e. The molecule has 0 unspecified atom stereocenters. The summed E-state index contributed by atoms with van der Waals surface area (Å²) in [6, 6.07) is 8.04. The van der Waals surface area contributed by atoms with Crippen molar-refractivity contribution in [2.45, 2.75) is 19.9 Å². The molecule has 1 atom stereocenters. The molecule has 1 aromatic carbocycles. The standard InChI is InChI=1S/C12H14ClN3/c1-8(14)10-3-5-11(6-4-10)16-7-12(13)9(2)15-16/h3-8H,14H2,1-2H3/t8-/m0/s1. The van der Waals surface area contributed by atoms with E-state index in [0.717, 1.165) is 16.9 Å². The van der Waals surface area contributed by atoms with Gasteiger partial charge in [0.05, 0.1) is 16.4 Å². The van der Waals surface area contributed by atoms with Gasteiger partial charge in [-0.05, 0) is 31.5 Å². The highest BCUT2D eigenvalue weighted by Crippen LogP contribution is 2.18. The highest BCUT2D eigenvalue weighted by Gasteiger charge is 2.04. The van der Waals surface area contributed by atoms with Crippen LogP contribution in [0.4, 0.5) is 0 Å². The van der Waals surface area contributed by atoms with Crippen molar-refractivity contribution in [2.75, 3.05) is 0 Å². The van der Waals surface area contributed by atoms with Gasteiger partial charge in [-0.3, -0.25) is 0 Å². The first-order chi connectivity index (χ1) is 7.58. The van der Waals surface area contributed by atoms with Gasteiger partial charge in [0, 0.05) is 12.2 Å². The predicted octanol–water partition coefficient (Wildman–Crippen LogP) is 2.85. The molecular formula is C12H14ClN3. The maximum Gasteiger partial charge on any atom is 0.0819 e. The summed E-state index contributed by atoms with van der Waals surface area (Å²) in [6.07, 6.45) is 1.80. The van der Waals surface area contributed by atoms with Crippen molar-refractivity contribution in [3.8, 4) is 5.69 Å². The Hall–Kier alpha value is -1.32. The molecule has 16 heavy (non-hydrogen) atoms. The summed E-state index contributed by atoms with van der Waals surface area (Å²) in [7, 11) is 0. The molecule has 2 rings (SSSR count). The molecule has 0 aliphatic carbocycles. The third kappa shape index (κ3) is 2.10. The Kier molecular flexibility index (Phi) is 2.99. The van der Waals surface area contributed by atoms with Crippen molar-refractivity contribution in [1.29, 1.82) is 0 Å². The van der Waals surface area contributed by atoms with Gasteiger partial charge in [-0.1, -0.05) is 23.7 Å². The van der Waals surface area contributed by atoms with Crippen molar-refractivity contribution < 1.29 is 0 Å². The van der Waals surface area contributed by atoms with E-state index in [0.29, 0.717) is 5.02 Å². The minimum Gasteiger partial charge on any atom is -0.324 e. The second-order valence-corrected chi connectivity index (χ2v) is 4.29. The van der Waals surface area contributed by atoms with E-state index < -0.39 is 0 Å². The Balaban J connectivity index is 2.34. The normalized spacial score (nSPS) is 12.8. The van der Waals surface area contributed by atoms with E-state index >= 15 is 0 Å². The molecule has 0 aliphatic rings. The van der Waals surface area contributed by atoms with Crippen LogP contribution in [0.5, 0.6) is 0 Å². The average molecular weight is 236 g/mol. The zero-order valence-electron chi connectivity index (χ0n) is 9.31. The lowest BCUT2D eigenvalue weighted by atomic mass is 10.1. The molecule has 1 aromatic heterocycles. The van der Waals surface area contributed by atoms with Gasteiger partial charge in [-0.25, -0.2) is 4.68 Å². The maximum atomic E-state index is 5.96. The van der Waals surface area contributed by atoms with Crippen molar-refractivity contribution >= 4 is 11.6 Å². The lowest BCUT2D eigenvalue weighted by Gasteiger charge is -2.06. The van der Waals surface area contributed by atoms with Gasteiger partial charge in [0.15, 0.2) is 0 Å². The molecule has 0 fully saturated rings. The molecule has 4 heteroatoms. The van der Waals surface area contributed by atoms with Gasteiger partial charge in [-0.2, -0.15) is 5.10 Å². The van der Waals surface area contributed by atoms with E-state index in [2.05, 4.69) is 5.10 Å². The molecule has 2 N–H and O–H groups in total. The molecule has 0 spiro atoms. The summed E-state index contributed by atoms with van der Waals surface area (Å²) in [5, 5.41) is 4.99. The molecular weight excluding hydrogens is 222 g/mol. The summed E-state index contributed by atoms with van der Waals surface area (Å²) in [6.45, 7) is 3.85. The Morgan fingerprint density at radius 3 is 2.38 bits per heavy atom. The van der Waals surface area contributed by atoms with Crippen molar-refractivity contribution in [2.24, 2.45) is 5.73 Å². The number of halogens is 1. The Labute approximate surface area is 99.8 Å². The van der Waals surface area contributed by atoms with Gasteiger partial charge >= 0.3 is 0 Å². The summed E-state index contributed by atoms with van der Waals surface area (Å²) >= 11 is 5.96. The summed E-state index contributed by atoms with van der Waals surface area (Å²) in [4.78, 5) is 0. The number of rotatable bonds is 2. The monoisotopic (exact) mass is 235 g/mol. The lowest BCUT2D eigenvalue weighted by molar-refractivity contribution is 0.813. The summed E-state index contributed by atoms with van der Waals surface area (Å²) in [5.41, 5.74) is 8.71. The molecule has 0 aliphatic heterocycles. The zero-order chi connectivity index (χ0) is 11.7. The molecule has 0 radical (unpaired) electrons. The van der Waals surface area contributed by atoms with Crippen LogP contribution in [0.25, 0.3) is 5.69 Å². The molecule has 2 aromatic rings. The van der Waals surface area contributed by atoms with Crippen LogP contribution in [-0.2, 0) is 0 Å². The molecule has 84 valence electrons. The molecule has 3 nitrogen and oxygen atoms in total. The fourth-order valence-electron chi connectivity index (χ4n) is 1.50. The van der Waals surface area contributed by atoms with Crippen LogP contribution >= 0.6 is 11.6 Å². The molecule has 0 saturated carbocycles. The van der Waals surface area contributed by atoms with Crippen LogP contribution in [0.15, 0.2) is 30.5 Å². The Morgan fingerprint density at radius 2 is 1.94 bits per heavy atom. The van der Waals surface area contributed by atoms with Crippen LogP contribution in [0, 0.1) is 6.92 Å². The quantitative estimate of drug-likeness (QED) is 0.870. The highest BCUT2D eigenvalue weighted by atomic mass is 35.5. The minimum atomic E-state index is 0.0528. The van der Waals surface area contributed by atoms with Crippen LogP contribution in [0.1, 0.15) is 24.2 Å². The first-order valence-corrected chi connectivity index (χ1v) is 5.53. The smallest absolute Gasteiger partial charge is 0.0819 e. The Morgan fingerprint density at radius 1 is 1.31 bits per heavy atom. The summed E-state index contributed by atoms with van der Waals surface area (Å²) < 4.78 is 1.77. The number of benzene rings is 1. The number of aryl methyl sites for hydroxylation is 1. The highest BCUT2D eigenvalue weighted by molar-refractivity contribution is 6.31. The maximum absolute atomic E-state index is 5.96. The van der Waals surface area contributed by atoms with Gasteiger partial charge in [0.2, 0.25) is 0 Å². The summed E-state index contributed by atoms with van der Waals surface area (Å²) in [5.74, 6) is 0. The first-order valence-electron chi connectivity index (χ1n) is 5.15. The average Bonchev–Trinajstić information content (AvgIpc) is 2.59. The van der Waals surface area contributed by atoms with E-state index in [9.17, 15) is 0 Å². The number of nitrogens with zero attached hydrogens (tertiary/aromatic N) is 2. The third-order valence-corrected chi connectivity index (χ3v) is 2.89. The SMILES string of the molecule is Cc1nn(-c2ccc([C@H](C)N)cc2)cc1Cl. The van der Waals surface area contributed by atoms with E-state index in [1.165, 1.54) is 0 Å². The molecule has 0 saturated heterocycles. The number of hydrogen-bond acceptors (Lipinski definition) is 2. The van der Waals surface area contributed by atoms with Crippen LogP contribution in [0.3, 0.4) is 0 Å². The fraction of sp³-hybridized carbons (Fsp3) is 0.250. The van der Waals surface area contributed by atoms with Crippen molar-refractivity contribution in [1.82, 2.24) is 9.78 Å². The van der Waals surface area contributed by atoms with Crippen molar-refractivity contribution in [3.05, 3.63) is 46.7 Å². The topological polar surface area (TPSA) is 43.8 Å².